The largest absolute Gasteiger partial charge is 0.309 e. The predicted molar refractivity (Wildman–Crippen MR) is 64.4 cm³/mol. The molecule has 0 unspecified atom stereocenters. The van der Waals surface area contributed by atoms with E-state index in [1.165, 1.54) is 6.42 Å². The van der Waals surface area contributed by atoms with Crippen molar-refractivity contribution < 1.29 is 0 Å². The minimum absolute atomic E-state index is 0.425. The number of hydrogen-bond donors (Lipinski definition) is 1. The van der Waals surface area contributed by atoms with Crippen molar-refractivity contribution in [2.75, 3.05) is 26.4 Å². The zero-order valence-corrected chi connectivity index (χ0v) is 10.8. The van der Waals surface area contributed by atoms with Crippen LogP contribution in [0.1, 0.15) is 32.0 Å². The Morgan fingerprint density at radius 2 is 2.13 bits per heavy atom. The molecule has 1 N–H and O–H groups in total. The summed E-state index contributed by atoms with van der Waals surface area (Å²) >= 11 is 1.72. The summed E-state index contributed by atoms with van der Waals surface area (Å²) in [5.74, 6) is 2.48. The molecule has 0 aliphatic carbocycles. The maximum absolute atomic E-state index is 4.41. The second-order valence-corrected chi connectivity index (χ2v) is 5.23. The van der Waals surface area contributed by atoms with Gasteiger partial charge in [-0.1, -0.05) is 25.6 Å². The number of nitrogens with one attached hydrogen (secondary N) is 1. The van der Waals surface area contributed by atoms with E-state index in [2.05, 4.69) is 48.0 Å². The third kappa shape index (κ3) is 4.66. The molecule has 86 valence electrons. The van der Waals surface area contributed by atoms with Gasteiger partial charge in [0.1, 0.15) is 5.82 Å². The maximum Gasteiger partial charge on any atom is 0.208 e. The molecular formula is C10H20N4S. The molecule has 15 heavy (non-hydrogen) atoms. The van der Waals surface area contributed by atoms with Crippen molar-refractivity contribution in [2.45, 2.75) is 31.3 Å². The lowest BCUT2D eigenvalue weighted by molar-refractivity contribution is 0.410. The molecule has 0 aromatic carbocycles. The first-order chi connectivity index (χ1) is 7.09. The quantitative estimate of drug-likeness (QED) is 0.597. The highest BCUT2D eigenvalue weighted by Gasteiger charge is 2.06. The average Bonchev–Trinajstić information content (AvgIpc) is 2.60. The van der Waals surface area contributed by atoms with Crippen LogP contribution in [0, 0.1) is 0 Å². The van der Waals surface area contributed by atoms with Crippen LogP contribution in [-0.4, -0.2) is 46.5 Å². The Labute approximate surface area is 95.9 Å². The van der Waals surface area contributed by atoms with Gasteiger partial charge in [0.2, 0.25) is 5.16 Å². The first kappa shape index (κ1) is 12.5. The zero-order chi connectivity index (χ0) is 11.3. The molecule has 0 radical (unpaired) electrons. The van der Waals surface area contributed by atoms with Crippen LogP contribution < -0.4 is 0 Å². The summed E-state index contributed by atoms with van der Waals surface area (Å²) in [7, 11) is 4.18. The molecule has 1 heterocycles. The lowest BCUT2D eigenvalue weighted by Crippen LogP contribution is -2.13. The number of rotatable bonds is 6. The highest BCUT2D eigenvalue weighted by Crippen LogP contribution is 2.16. The summed E-state index contributed by atoms with van der Waals surface area (Å²) in [6.45, 7) is 5.34. The molecule has 5 heteroatoms. The third-order valence-electron chi connectivity index (χ3n) is 2.01. The Balaban J connectivity index is 2.26. The van der Waals surface area contributed by atoms with E-state index in [0.29, 0.717) is 5.92 Å². The van der Waals surface area contributed by atoms with Gasteiger partial charge in [0.05, 0.1) is 0 Å². The van der Waals surface area contributed by atoms with E-state index >= 15 is 0 Å². The van der Waals surface area contributed by atoms with Crippen LogP contribution in [0.3, 0.4) is 0 Å². The molecule has 0 saturated heterocycles. The van der Waals surface area contributed by atoms with Crippen LogP contribution in [0.15, 0.2) is 5.16 Å². The maximum atomic E-state index is 4.41. The number of nitrogens with zero attached hydrogens (tertiary/aromatic N) is 3. The minimum Gasteiger partial charge on any atom is -0.309 e. The average molecular weight is 228 g/mol. The molecule has 0 bridgehead atoms. The van der Waals surface area contributed by atoms with E-state index in [4.69, 9.17) is 0 Å². The molecule has 0 spiro atoms. The Morgan fingerprint density at radius 3 is 2.67 bits per heavy atom. The van der Waals surface area contributed by atoms with E-state index in [1.807, 2.05) is 0 Å². The van der Waals surface area contributed by atoms with E-state index < -0.39 is 0 Å². The SMILES string of the molecule is CC(C)c1nc(SCCCN(C)C)n[nH]1. The van der Waals surface area contributed by atoms with Gasteiger partial charge in [-0.25, -0.2) is 4.98 Å². The normalized spacial score (nSPS) is 11.6. The lowest BCUT2D eigenvalue weighted by atomic mass is 10.2. The molecule has 1 aromatic rings. The van der Waals surface area contributed by atoms with Crippen LogP contribution in [0.5, 0.6) is 0 Å². The predicted octanol–water partition coefficient (Wildman–Crippen LogP) is 1.97. The summed E-state index contributed by atoms with van der Waals surface area (Å²) < 4.78 is 0. The van der Waals surface area contributed by atoms with Crippen molar-refractivity contribution in [1.82, 2.24) is 20.1 Å². The summed E-state index contributed by atoms with van der Waals surface area (Å²) in [6, 6.07) is 0. The van der Waals surface area contributed by atoms with Gasteiger partial charge in [0.15, 0.2) is 0 Å². The first-order valence-electron chi connectivity index (χ1n) is 5.29. The second-order valence-electron chi connectivity index (χ2n) is 4.16. The lowest BCUT2D eigenvalue weighted by Gasteiger charge is -2.07. The molecule has 1 aromatic heterocycles. The van der Waals surface area contributed by atoms with Gasteiger partial charge < -0.3 is 4.90 Å². The molecule has 0 aliphatic heterocycles. The Morgan fingerprint density at radius 1 is 1.40 bits per heavy atom. The summed E-state index contributed by atoms with van der Waals surface area (Å²) in [5.41, 5.74) is 0. The van der Waals surface area contributed by atoms with Crippen molar-refractivity contribution in [3.05, 3.63) is 5.82 Å². The zero-order valence-electron chi connectivity index (χ0n) is 9.95. The molecule has 0 fully saturated rings. The van der Waals surface area contributed by atoms with Crippen LogP contribution in [0.25, 0.3) is 0 Å². The summed E-state index contributed by atoms with van der Waals surface area (Å²) in [5, 5.41) is 8.00. The molecular weight excluding hydrogens is 208 g/mol. The van der Waals surface area contributed by atoms with Crippen molar-refractivity contribution in [1.29, 1.82) is 0 Å². The fourth-order valence-corrected chi connectivity index (χ4v) is 1.85. The van der Waals surface area contributed by atoms with Crippen LogP contribution >= 0.6 is 11.8 Å². The van der Waals surface area contributed by atoms with Crippen LogP contribution in [0.2, 0.25) is 0 Å². The molecule has 4 nitrogen and oxygen atoms in total. The Bertz CT molecular complexity index is 283. The first-order valence-corrected chi connectivity index (χ1v) is 6.28. The van der Waals surface area contributed by atoms with E-state index in [1.54, 1.807) is 11.8 Å². The van der Waals surface area contributed by atoms with Gasteiger partial charge in [-0.2, -0.15) is 0 Å². The second kappa shape index (κ2) is 6.12. The van der Waals surface area contributed by atoms with Crippen molar-refractivity contribution >= 4 is 11.8 Å². The number of aromatic nitrogens is 3. The van der Waals surface area contributed by atoms with E-state index in [0.717, 1.165) is 23.3 Å². The molecule has 0 amide bonds. The van der Waals surface area contributed by atoms with Gasteiger partial charge in [-0.15, -0.1) is 5.10 Å². The third-order valence-corrected chi connectivity index (χ3v) is 2.94. The fraction of sp³-hybridized carbons (Fsp3) is 0.800. The molecule has 0 aliphatic rings. The highest BCUT2D eigenvalue weighted by atomic mass is 32.2. The monoisotopic (exact) mass is 228 g/mol. The summed E-state index contributed by atoms with van der Waals surface area (Å²) in [4.78, 5) is 6.60. The van der Waals surface area contributed by atoms with Crippen molar-refractivity contribution in [3.8, 4) is 0 Å². The standard InChI is InChI=1S/C10H20N4S/c1-8(2)9-11-10(13-12-9)15-7-5-6-14(3)4/h8H,5-7H2,1-4H3,(H,11,12,13). The number of H-pyrrole nitrogens is 1. The molecule has 0 saturated carbocycles. The van der Waals surface area contributed by atoms with Gasteiger partial charge in [0, 0.05) is 11.7 Å². The fourth-order valence-electron chi connectivity index (χ4n) is 1.13. The van der Waals surface area contributed by atoms with Crippen LogP contribution in [-0.2, 0) is 0 Å². The molecule has 1 rings (SSSR count). The van der Waals surface area contributed by atoms with Gasteiger partial charge >= 0.3 is 0 Å². The van der Waals surface area contributed by atoms with Gasteiger partial charge in [-0.05, 0) is 27.1 Å². The topological polar surface area (TPSA) is 44.8 Å². The smallest absolute Gasteiger partial charge is 0.208 e. The van der Waals surface area contributed by atoms with Crippen molar-refractivity contribution in [3.63, 3.8) is 0 Å². The number of aromatic amines is 1. The van der Waals surface area contributed by atoms with E-state index in [9.17, 15) is 0 Å². The highest BCUT2D eigenvalue weighted by molar-refractivity contribution is 7.99. The van der Waals surface area contributed by atoms with Crippen LogP contribution in [0.4, 0.5) is 0 Å². The minimum atomic E-state index is 0.425. The Hall–Kier alpha value is -0.550. The number of hydrogen-bond acceptors (Lipinski definition) is 4. The van der Waals surface area contributed by atoms with Gasteiger partial charge in [0.25, 0.3) is 0 Å². The molecule has 0 atom stereocenters. The number of thioether (sulfide) groups is 1. The van der Waals surface area contributed by atoms with E-state index in [-0.39, 0.29) is 0 Å². The summed E-state index contributed by atoms with van der Waals surface area (Å²) in [6.07, 6.45) is 1.17. The Kier molecular flexibility index (Phi) is 5.11. The van der Waals surface area contributed by atoms with Gasteiger partial charge in [-0.3, -0.25) is 5.10 Å². The van der Waals surface area contributed by atoms with Crippen molar-refractivity contribution in [2.24, 2.45) is 0 Å².